The molecule has 15 heteroatoms. The van der Waals surface area contributed by atoms with Crippen LogP contribution in [-0.2, 0) is 63.6 Å². The van der Waals surface area contributed by atoms with Crippen molar-refractivity contribution in [3.63, 3.8) is 0 Å². The molecule has 0 unspecified atom stereocenters. The first kappa shape index (κ1) is 50.9. The van der Waals surface area contributed by atoms with Gasteiger partial charge in [-0.25, -0.2) is 33.2 Å². The number of ether oxygens (including phenoxy) is 8. The second-order valence-electron chi connectivity index (χ2n) is 14.2. The van der Waals surface area contributed by atoms with E-state index in [0.29, 0.717) is 41.9 Å². The maximum absolute atomic E-state index is 15.3. The van der Waals surface area contributed by atoms with Crippen molar-refractivity contribution in [3.8, 4) is 22.6 Å². The molecule has 0 saturated heterocycles. The molecule has 0 aliphatic rings. The predicted octanol–water partition coefficient (Wildman–Crippen LogP) is 7.31. The van der Waals surface area contributed by atoms with Crippen LogP contribution in [0.15, 0.2) is 85.0 Å². The molecule has 0 aromatic heterocycles. The highest BCUT2D eigenvalue weighted by atomic mass is 19.1. The molecule has 332 valence electrons. The lowest BCUT2D eigenvalue weighted by molar-refractivity contribution is -0.159. The smallest absolute Gasteiger partial charge is 0.333 e. The third-order valence-corrected chi connectivity index (χ3v) is 8.80. The number of carbonyl (C=O) groups excluding carboxylic acids is 6. The van der Waals surface area contributed by atoms with Crippen LogP contribution in [0.3, 0.4) is 0 Å². The zero-order valence-electron chi connectivity index (χ0n) is 35.7. The zero-order chi connectivity index (χ0) is 45.2. The molecular formula is C46H57FO14. The Morgan fingerprint density at radius 1 is 0.590 bits per heavy atom. The highest BCUT2D eigenvalue weighted by molar-refractivity contribution is 5.92. The molecule has 0 radical (unpaired) electrons. The van der Waals surface area contributed by atoms with E-state index in [4.69, 9.17) is 28.4 Å². The molecule has 0 bridgehead atoms. The summed E-state index contributed by atoms with van der Waals surface area (Å²) in [5.41, 5.74) is 0.448. The van der Waals surface area contributed by atoms with Crippen LogP contribution in [0.1, 0.15) is 71.3 Å². The van der Waals surface area contributed by atoms with Crippen LogP contribution >= 0.6 is 0 Å². The topological polar surface area (TPSA) is 176 Å². The standard InChI is InChI=1S/C46H57FO14/c1-8-9-10-11-12-13-24-56-39-19-17-35(27-37(39)47)34-16-18-38(36(26-34)15-14-25-57-44(52)32(2)3)58-28-46(31-61-45(53)33(4)5,29-59-42(50)22-20-40(48)54-6)30-60-43(51)23-21-41(49)55-7/h16-23,26-27H,2,4,8-15,24-25,28-31H2,1,3,5-7H3/b22-20+,23-21+. The number of rotatable bonds is 28. The Balaban J connectivity index is 2.51. The van der Waals surface area contributed by atoms with Crippen molar-refractivity contribution in [1.29, 1.82) is 0 Å². The van der Waals surface area contributed by atoms with Crippen molar-refractivity contribution >= 4 is 35.8 Å². The molecule has 61 heavy (non-hydrogen) atoms. The normalized spacial score (nSPS) is 11.1. The minimum Gasteiger partial charge on any atom is -0.492 e. The van der Waals surface area contributed by atoms with Crippen molar-refractivity contribution < 1.29 is 71.1 Å². The number of hydrogen-bond donors (Lipinski definition) is 0. The van der Waals surface area contributed by atoms with Crippen LogP contribution in [0.25, 0.3) is 11.1 Å². The van der Waals surface area contributed by atoms with Crippen molar-refractivity contribution in [3.05, 3.63) is 96.4 Å². The SMILES string of the molecule is C=C(C)C(=O)OCCCc1cc(-c2ccc(OCCCCCCCC)c(F)c2)ccc1OCC(COC(=O)/C=C/C(=O)OC)(COC(=O)/C=C/C(=O)OC)COC(=O)C(=C)C. The molecule has 0 saturated carbocycles. The van der Waals surface area contributed by atoms with E-state index in [1.165, 1.54) is 26.3 Å². The van der Waals surface area contributed by atoms with Gasteiger partial charge in [0.05, 0.1) is 27.4 Å². The average molecular weight is 853 g/mol. The fourth-order valence-corrected chi connectivity index (χ4v) is 5.28. The van der Waals surface area contributed by atoms with Gasteiger partial charge in [0.25, 0.3) is 0 Å². The fourth-order valence-electron chi connectivity index (χ4n) is 5.28. The van der Waals surface area contributed by atoms with E-state index in [1.807, 2.05) is 0 Å². The Bertz CT molecular complexity index is 1850. The van der Waals surface area contributed by atoms with E-state index in [1.54, 1.807) is 30.3 Å². The number of hydrogen-bond acceptors (Lipinski definition) is 14. The summed E-state index contributed by atoms with van der Waals surface area (Å²) in [7, 11) is 2.24. The number of unbranched alkanes of at least 4 members (excludes halogenated alkanes) is 5. The summed E-state index contributed by atoms with van der Waals surface area (Å²) in [6.45, 7) is 10.6. The fraction of sp³-hybridized carbons (Fsp3) is 0.435. The van der Waals surface area contributed by atoms with Crippen LogP contribution in [0.4, 0.5) is 4.39 Å². The van der Waals surface area contributed by atoms with Crippen LogP contribution in [-0.4, -0.2) is 89.7 Å². The van der Waals surface area contributed by atoms with Gasteiger partial charge in [-0.1, -0.05) is 64.3 Å². The number of halogens is 1. The number of carbonyl (C=O) groups is 6. The summed E-state index contributed by atoms with van der Waals surface area (Å²) in [6, 6.07) is 9.79. The van der Waals surface area contributed by atoms with Gasteiger partial charge in [-0.05, 0) is 74.1 Å². The highest BCUT2D eigenvalue weighted by Gasteiger charge is 2.37. The molecule has 2 aromatic carbocycles. The quantitative estimate of drug-likeness (QED) is 0.0360. The summed E-state index contributed by atoms with van der Waals surface area (Å²) in [6.07, 6.45) is 10.4. The largest absolute Gasteiger partial charge is 0.492 e. The second kappa shape index (κ2) is 27.5. The van der Waals surface area contributed by atoms with Gasteiger partial charge in [0.2, 0.25) is 0 Å². The lowest BCUT2D eigenvalue weighted by atomic mass is 9.91. The summed E-state index contributed by atoms with van der Waals surface area (Å²) in [4.78, 5) is 73.2. The van der Waals surface area contributed by atoms with Gasteiger partial charge >= 0.3 is 35.8 Å². The van der Waals surface area contributed by atoms with Crippen LogP contribution in [0, 0.1) is 11.2 Å². The molecule has 0 aliphatic heterocycles. The van der Waals surface area contributed by atoms with Gasteiger partial charge in [-0.3, -0.25) is 0 Å². The van der Waals surface area contributed by atoms with Gasteiger partial charge in [0.1, 0.15) is 37.6 Å². The molecule has 0 aliphatic carbocycles. The number of benzene rings is 2. The molecule has 2 rings (SSSR count). The van der Waals surface area contributed by atoms with Gasteiger partial charge < -0.3 is 37.9 Å². The first-order chi connectivity index (χ1) is 29.1. The number of methoxy groups -OCH3 is 2. The zero-order valence-corrected chi connectivity index (χ0v) is 35.7. The van der Waals surface area contributed by atoms with E-state index in [-0.39, 0.29) is 23.5 Å². The van der Waals surface area contributed by atoms with Crippen LogP contribution in [0.5, 0.6) is 11.5 Å². The molecule has 14 nitrogen and oxygen atoms in total. The summed E-state index contributed by atoms with van der Waals surface area (Å²) in [5, 5.41) is 0. The maximum Gasteiger partial charge on any atom is 0.333 e. The molecule has 0 fully saturated rings. The number of esters is 6. The predicted molar refractivity (Wildman–Crippen MR) is 223 cm³/mol. The lowest BCUT2D eigenvalue weighted by Crippen LogP contribution is -2.44. The molecule has 0 heterocycles. The van der Waals surface area contributed by atoms with E-state index >= 15 is 4.39 Å². The maximum atomic E-state index is 15.3. The highest BCUT2D eigenvalue weighted by Crippen LogP contribution is 2.32. The minimum absolute atomic E-state index is 0.0412. The van der Waals surface area contributed by atoms with Gasteiger partial charge in [0.15, 0.2) is 11.6 Å². The lowest BCUT2D eigenvalue weighted by Gasteiger charge is -2.32. The summed E-state index contributed by atoms with van der Waals surface area (Å²) >= 11 is 0. The molecule has 0 N–H and O–H groups in total. The third-order valence-electron chi connectivity index (χ3n) is 8.80. The summed E-state index contributed by atoms with van der Waals surface area (Å²) in [5.74, 6) is -5.08. The van der Waals surface area contributed by atoms with Crippen molar-refractivity contribution in [1.82, 2.24) is 0 Å². The first-order valence-electron chi connectivity index (χ1n) is 19.8. The Morgan fingerprint density at radius 3 is 1.66 bits per heavy atom. The van der Waals surface area contributed by atoms with Crippen molar-refractivity contribution in [2.75, 3.05) is 53.9 Å². The van der Waals surface area contributed by atoms with E-state index in [9.17, 15) is 28.8 Å². The monoisotopic (exact) mass is 852 g/mol. The number of aryl methyl sites for hydroxylation is 1. The molecule has 0 atom stereocenters. The average Bonchev–Trinajstić information content (AvgIpc) is 3.25. The molecule has 0 spiro atoms. The van der Waals surface area contributed by atoms with E-state index < -0.39 is 73.5 Å². The Hall–Kier alpha value is -6.25. The van der Waals surface area contributed by atoms with Crippen LogP contribution < -0.4 is 9.47 Å². The van der Waals surface area contributed by atoms with Gasteiger partial charge in [-0.2, -0.15) is 0 Å². The second-order valence-corrected chi connectivity index (χ2v) is 14.2. The molecule has 0 amide bonds. The summed E-state index contributed by atoms with van der Waals surface area (Å²) < 4.78 is 58.0. The molecular weight excluding hydrogens is 795 g/mol. The Labute approximate surface area is 356 Å². The first-order valence-corrected chi connectivity index (χ1v) is 19.8. The van der Waals surface area contributed by atoms with Gasteiger partial charge in [0, 0.05) is 35.5 Å². The van der Waals surface area contributed by atoms with Crippen LogP contribution in [0.2, 0.25) is 0 Å². The van der Waals surface area contributed by atoms with Gasteiger partial charge in [-0.15, -0.1) is 0 Å². The molecule has 2 aromatic rings. The Morgan fingerprint density at radius 2 is 1.10 bits per heavy atom. The van der Waals surface area contributed by atoms with Crippen molar-refractivity contribution in [2.45, 2.75) is 72.1 Å². The van der Waals surface area contributed by atoms with Crippen molar-refractivity contribution in [2.24, 2.45) is 5.41 Å². The van der Waals surface area contributed by atoms with E-state index in [0.717, 1.165) is 70.6 Å². The minimum atomic E-state index is -1.60. The third kappa shape index (κ3) is 19.6. The van der Waals surface area contributed by atoms with E-state index in [2.05, 4.69) is 29.6 Å². The Kier molecular flexibility index (Phi) is 22.9.